The van der Waals surface area contributed by atoms with E-state index in [4.69, 9.17) is 23.2 Å². The minimum atomic E-state index is -0.932. The topological polar surface area (TPSA) is 122 Å². The van der Waals surface area contributed by atoms with E-state index in [0.717, 1.165) is 25.3 Å². The Morgan fingerprint density at radius 1 is 1.13 bits per heavy atom. The lowest BCUT2D eigenvalue weighted by Gasteiger charge is -2.19. The molecule has 1 saturated heterocycles. The van der Waals surface area contributed by atoms with Crippen LogP contribution in [0.5, 0.6) is 0 Å². The monoisotopic (exact) mass is 667 g/mol. The summed E-state index contributed by atoms with van der Waals surface area (Å²) in [4.78, 5) is 39.0. The van der Waals surface area contributed by atoms with Gasteiger partial charge in [-0.2, -0.15) is 4.68 Å². The third kappa shape index (κ3) is 9.00. The molecule has 0 spiro atoms. The van der Waals surface area contributed by atoms with Crippen LogP contribution >= 0.6 is 35.0 Å². The van der Waals surface area contributed by atoms with Gasteiger partial charge in [0.2, 0.25) is 22.9 Å². The summed E-state index contributed by atoms with van der Waals surface area (Å²) in [6, 6.07) is 10.9. The van der Waals surface area contributed by atoms with Crippen LogP contribution in [0.3, 0.4) is 0 Å². The molecular formula is C32H35Cl2N7O3S. The van der Waals surface area contributed by atoms with Crippen LogP contribution in [-0.4, -0.2) is 68.2 Å². The third-order valence-corrected chi connectivity index (χ3v) is 9.16. The number of nitrogens with zero attached hydrogens (tertiary/aromatic N) is 5. The van der Waals surface area contributed by atoms with E-state index in [1.54, 1.807) is 32.0 Å². The van der Waals surface area contributed by atoms with Crippen molar-refractivity contribution in [2.24, 2.45) is 11.3 Å². The summed E-state index contributed by atoms with van der Waals surface area (Å²) < 4.78 is 1.53. The lowest BCUT2D eigenvalue weighted by atomic mass is 9.92. The Morgan fingerprint density at radius 2 is 1.96 bits per heavy atom. The number of hydrogen-bond acceptors (Lipinski definition) is 7. The van der Waals surface area contributed by atoms with Crippen molar-refractivity contribution in [3.8, 4) is 17.5 Å². The van der Waals surface area contributed by atoms with Crippen LogP contribution in [0.25, 0.3) is 5.69 Å². The molecule has 1 aliphatic carbocycles. The molecule has 10 nitrogen and oxygen atoms in total. The Bertz CT molecular complexity index is 1640. The summed E-state index contributed by atoms with van der Waals surface area (Å²) in [7, 11) is 0. The summed E-state index contributed by atoms with van der Waals surface area (Å²) >= 11 is 14.2. The molecular weight excluding hydrogens is 633 g/mol. The third-order valence-electron chi connectivity index (χ3n) is 7.63. The number of thioether (sulfide) groups is 1. The van der Waals surface area contributed by atoms with E-state index in [-0.39, 0.29) is 23.5 Å². The van der Waals surface area contributed by atoms with Gasteiger partial charge in [-0.15, -0.1) is 5.10 Å². The number of benzene rings is 2. The first-order valence-corrected chi connectivity index (χ1v) is 16.7. The minimum absolute atomic E-state index is 0.0489. The first-order valence-electron chi connectivity index (χ1n) is 15.0. The van der Waals surface area contributed by atoms with Gasteiger partial charge in [-0.3, -0.25) is 14.4 Å². The highest BCUT2D eigenvalue weighted by atomic mass is 35.5. The molecule has 2 heterocycles. The number of tetrazole rings is 1. The zero-order valence-electron chi connectivity index (χ0n) is 25.2. The Kier molecular flexibility index (Phi) is 10.7. The van der Waals surface area contributed by atoms with Crippen molar-refractivity contribution in [3.05, 3.63) is 57.6 Å². The molecule has 0 bridgehead atoms. The van der Waals surface area contributed by atoms with Crippen molar-refractivity contribution in [2.45, 2.75) is 57.5 Å². The molecule has 3 aromatic rings. The van der Waals surface area contributed by atoms with Gasteiger partial charge in [0.05, 0.1) is 27.2 Å². The number of hydrogen-bond donors (Lipinski definition) is 2. The zero-order chi connectivity index (χ0) is 32.0. The van der Waals surface area contributed by atoms with Crippen molar-refractivity contribution in [3.63, 3.8) is 0 Å². The van der Waals surface area contributed by atoms with Crippen LogP contribution < -0.4 is 10.6 Å². The standard InChI is InChI=1S/C32H35Cl2N7O3S/c1-32(2,30(44)35-14-4-16-40-15-3-5-29(40)43)13-12-22-8-10-26(24(33)18-22)36-28(42)20-45-31-37-38-39-41(31)27-11-9-23(19-25(27)34)17-21-6-7-21/h8-11,18-19,21H,3-7,14-17,20H2,1-2H3,(H,35,44)(H,36,42). The lowest BCUT2D eigenvalue weighted by Crippen LogP contribution is -2.37. The molecule has 2 aliphatic rings. The van der Waals surface area contributed by atoms with Gasteiger partial charge in [0.15, 0.2) is 0 Å². The van der Waals surface area contributed by atoms with Crippen LogP contribution in [0.2, 0.25) is 10.0 Å². The first-order chi connectivity index (χ1) is 21.6. The number of carbonyl (C=O) groups excluding carboxylic acids is 3. The van der Waals surface area contributed by atoms with Crippen LogP contribution in [0.15, 0.2) is 41.6 Å². The number of halogens is 2. The van der Waals surface area contributed by atoms with Gasteiger partial charge >= 0.3 is 0 Å². The maximum atomic E-state index is 12.8. The average molecular weight is 669 g/mol. The quantitative estimate of drug-likeness (QED) is 0.155. The fourth-order valence-corrected chi connectivity index (χ4v) is 6.05. The van der Waals surface area contributed by atoms with E-state index >= 15 is 0 Å². The molecule has 0 atom stereocenters. The summed E-state index contributed by atoms with van der Waals surface area (Å²) in [6.07, 6.45) is 5.76. The number of nitrogens with one attached hydrogen (secondary N) is 2. The van der Waals surface area contributed by atoms with Crippen molar-refractivity contribution in [1.82, 2.24) is 30.4 Å². The summed E-state index contributed by atoms with van der Waals surface area (Å²) in [5.74, 6) is 6.54. The summed E-state index contributed by atoms with van der Waals surface area (Å²) in [5, 5.41) is 18.9. The Balaban J connectivity index is 1.11. The smallest absolute Gasteiger partial charge is 0.237 e. The van der Waals surface area contributed by atoms with Gasteiger partial charge in [-0.1, -0.05) is 52.9 Å². The van der Waals surface area contributed by atoms with E-state index in [0.29, 0.717) is 58.1 Å². The number of aromatic nitrogens is 4. The fourth-order valence-electron chi connectivity index (χ4n) is 4.85. The number of anilines is 1. The molecule has 0 unspecified atom stereocenters. The van der Waals surface area contributed by atoms with Crippen LogP contribution in [0.1, 0.15) is 57.1 Å². The van der Waals surface area contributed by atoms with Crippen molar-refractivity contribution >= 4 is 58.4 Å². The van der Waals surface area contributed by atoms with E-state index in [2.05, 4.69) is 38.0 Å². The van der Waals surface area contributed by atoms with Gasteiger partial charge in [-0.25, -0.2) is 0 Å². The maximum Gasteiger partial charge on any atom is 0.237 e. The molecule has 1 aromatic heterocycles. The number of likely N-dealkylation sites (tertiary alicyclic amines) is 1. The van der Waals surface area contributed by atoms with Gasteiger partial charge in [0.25, 0.3) is 0 Å². The van der Waals surface area contributed by atoms with Gasteiger partial charge in [0.1, 0.15) is 5.41 Å². The number of carbonyl (C=O) groups is 3. The maximum absolute atomic E-state index is 12.8. The number of amides is 3. The molecule has 2 N–H and O–H groups in total. The second kappa shape index (κ2) is 14.7. The van der Waals surface area contributed by atoms with Gasteiger partial charge < -0.3 is 15.5 Å². The number of rotatable bonds is 12. The minimum Gasteiger partial charge on any atom is -0.355 e. The molecule has 1 aliphatic heterocycles. The fraction of sp³-hybridized carbons (Fsp3) is 0.438. The lowest BCUT2D eigenvalue weighted by molar-refractivity contribution is -0.127. The Morgan fingerprint density at radius 3 is 2.67 bits per heavy atom. The van der Waals surface area contributed by atoms with E-state index in [9.17, 15) is 14.4 Å². The summed E-state index contributed by atoms with van der Waals surface area (Å²) in [5.41, 5.74) is 1.96. The first kappa shape index (κ1) is 32.8. The normalized spacial score (nSPS) is 14.7. The van der Waals surface area contributed by atoms with Gasteiger partial charge in [-0.05, 0) is 98.2 Å². The molecule has 2 aromatic carbocycles. The highest BCUT2D eigenvalue weighted by Gasteiger charge is 2.25. The summed E-state index contributed by atoms with van der Waals surface area (Å²) in [6.45, 7) is 5.42. The molecule has 1 saturated carbocycles. The Labute approximate surface area is 277 Å². The largest absolute Gasteiger partial charge is 0.355 e. The SMILES string of the molecule is CC(C)(C#Cc1ccc(NC(=O)CSc2nnnn2-c2ccc(CC3CC3)cc2Cl)c(Cl)c1)C(=O)NCCCN1CCCC1=O. The van der Waals surface area contributed by atoms with Crippen LogP contribution in [0.4, 0.5) is 5.69 Å². The van der Waals surface area contributed by atoms with Gasteiger partial charge in [0, 0.05) is 31.6 Å². The molecule has 0 radical (unpaired) electrons. The van der Waals surface area contributed by atoms with E-state index in [1.165, 1.54) is 34.8 Å². The molecule has 45 heavy (non-hydrogen) atoms. The van der Waals surface area contributed by atoms with Crippen LogP contribution in [-0.2, 0) is 20.8 Å². The molecule has 13 heteroatoms. The molecule has 236 valence electrons. The van der Waals surface area contributed by atoms with Crippen molar-refractivity contribution in [1.29, 1.82) is 0 Å². The second-order valence-electron chi connectivity index (χ2n) is 11.8. The molecule has 3 amide bonds. The van der Waals surface area contributed by atoms with E-state index in [1.807, 2.05) is 23.1 Å². The highest BCUT2D eigenvalue weighted by Crippen LogP contribution is 2.34. The Hall–Kier alpha value is -3.59. The van der Waals surface area contributed by atoms with E-state index < -0.39 is 5.41 Å². The zero-order valence-corrected chi connectivity index (χ0v) is 27.6. The van der Waals surface area contributed by atoms with Crippen molar-refractivity contribution < 1.29 is 14.4 Å². The van der Waals surface area contributed by atoms with Crippen LogP contribution in [0, 0.1) is 23.2 Å². The highest BCUT2D eigenvalue weighted by molar-refractivity contribution is 7.99. The average Bonchev–Trinajstić information content (AvgIpc) is 3.53. The van der Waals surface area contributed by atoms with Crippen molar-refractivity contribution in [2.75, 3.05) is 30.7 Å². The predicted octanol–water partition coefficient (Wildman–Crippen LogP) is 5.16. The predicted molar refractivity (Wildman–Crippen MR) is 175 cm³/mol. The molecule has 2 fully saturated rings. The second-order valence-corrected chi connectivity index (χ2v) is 13.6. The molecule has 5 rings (SSSR count).